The van der Waals surface area contributed by atoms with Crippen LogP contribution in [-0.2, 0) is 4.74 Å². The smallest absolute Gasteiger partial charge is 0.356 e. The lowest BCUT2D eigenvalue weighted by molar-refractivity contribution is 0.0594. The average Bonchev–Trinajstić information content (AvgIpc) is 2.98. The van der Waals surface area contributed by atoms with Crippen LogP contribution in [0.25, 0.3) is 0 Å². The predicted octanol–water partition coefficient (Wildman–Crippen LogP) is 2.08. The Morgan fingerprint density at radius 1 is 1.57 bits per heavy atom. The van der Waals surface area contributed by atoms with Crippen molar-refractivity contribution in [3.8, 4) is 0 Å². The molecule has 0 saturated carbocycles. The van der Waals surface area contributed by atoms with Crippen LogP contribution in [-0.4, -0.2) is 43.7 Å². The maximum absolute atomic E-state index is 11.6. The summed E-state index contributed by atoms with van der Waals surface area (Å²) in [5, 5.41) is 3.53. The van der Waals surface area contributed by atoms with Crippen LogP contribution in [0, 0.1) is 5.92 Å². The molecule has 5 nitrogen and oxygen atoms in total. The number of nitrogens with zero attached hydrogens (tertiary/aromatic N) is 2. The lowest BCUT2D eigenvalue weighted by atomic mass is 10.1. The summed E-state index contributed by atoms with van der Waals surface area (Å²) in [5.41, 5.74) is 1.40. The first-order valence-electron chi connectivity index (χ1n) is 7.63. The van der Waals surface area contributed by atoms with Gasteiger partial charge in [-0.05, 0) is 37.4 Å². The molecule has 1 aliphatic rings. The zero-order chi connectivity index (χ0) is 15.2. The highest BCUT2D eigenvalue weighted by Gasteiger charge is 2.20. The first-order valence-corrected chi connectivity index (χ1v) is 7.63. The van der Waals surface area contributed by atoms with Gasteiger partial charge in [0.15, 0.2) is 0 Å². The molecule has 0 aromatic carbocycles. The van der Waals surface area contributed by atoms with Crippen LogP contribution in [0.4, 0.5) is 5.69 Å². The molecule has 0 radical (unpaired) electrons. The van der Waals surface area contributed by atoms with Crippen molar-refractivity contribution in [2.75, 3.05) is 31.6 Å². The Morgan fingerprint density at radius 2 is 2.38 bits per heavy atom. The van der Waals surface area contributed by atoms with E-state index in [9.17, 15) is 4.79 Å². The number of rotatable bonds is 6. The van der Waals surface area contributed by atoms with Crippen LogP contribution in [0.15, 0.2) is 18.3 Å². The van der Waals surface area contributed by atoms with Gasteiger partial charge < -0.3 is 15.0 Å². The Bertz CT molecular complexity index is 470. The molecule has 1 unspecified atom stereocenters. The maximum Gasteiger partial charge on any atom is 0.356 e. The fourth-order valence-corrected chi connectivity index (χ4v) is 2.74. The molecule has 1 N–H and O–H groups in total. The van der Waals surface area contributed by atoms with Gasteiger partial charge in [0, 0.05) is 31.0 Å². The van der Waals surface area contributed by atoms with Crippen molar-refractivity contribution in [3.05, 3.63) is 24.0 Å². The molecule has 1 aromatic rings. The normalized spacial score (nSPS) is 18.0. The summed E-state index contributed by atoms with van der Waals surface area (Å²) in [7, 11) is 1.38. The van der Waals surface area contributed by atoms with E-state index in [0.29, 0.717) is 17.7 Å². The van der Waals surface area contributed by atoms with E-state index in [-0.39, 0.29) is 5.97 Å². The third kappa shape index (κ3) is 4.43. The zero-order valence-electron chi connectivity index (χ0n) is 13.1. The highest BCUT2D eigenvalue weighted by atomic mass is 16.5. The number of methoxy groups -OCH3 is 1. The summed E-state index contributed by atoms with van der Waals surface area (Å²) in [6.07, 6.45) is 4.13. The molecule has 1 saturated heterocycles. The Balaban J connectivity index is 2.16. The zero-order valence-corrected chi connectivity index (χ0v) is 13.1. The molecule has 0 spiro atoms. The highest BCUT2D eigenvalue weighted by molar-refractivity contribution is 5.88. The first-order chi connectivity index (χ1) is 10.1. The number of hydrogen-bond donors (Lipinski definition) is 1. The molecule has 21 heavy (non-hydrogen) atoms. The Hall–Kier alpha value is -1.62. The van der Waals surface area contributed by atoms with E-state index in [2.05, 4.69) is 29.0 Å². The molecule has 5 heteroatoms. The number of hydrogen-bond acceptors (Lipinski definition) is 5. The largest absolute Gasteiger partial charge is 0.464 e. The molecule has 1 atom stereocenters. The first kappa shape index (κ1) is 15.8. The molecule has 1 aromatic heterocycles. The third-order valence-electron chi connectivity index (χ3n) is 3.69. The molecule has 2 heterocycles. The van der Waals surface area contributed by atoms with Gasteiger partial charge in [0.25, 0.3) is 0 Å². The molecule has 0 bridgehead atoms. The summed E-state index contributed by atoms with van der Waals surface area (Å²) >= 11 is 0. The molecule has 1 fully saturated rings. The predicted molar refractivity (Wildman–Crippen MR) is 83.7 cm³/mol. The van der Waals surface area contributed by atoms with Gasteiger partial charge in [0.2, 0.25) is 0 Å². The molecule has 0 amide bonds. The monoisotopic (exact) mass is 291 g/mol. The van der Waals surface area contributed by atoms with Crippen LogP contribution in [0.1, 0.15) is 37.2 Å². The van der Waals surface area contributed by atoms with Gasteiger partial charge in [-0.2, -0.15) is 0 Å². The van der Waals surface area contributed by atoms with Crippen molar-refractivity contribution in [2.24, 2.45) is 5.92 Å². The summed E-state index contributed by atoms with van der Waals surface area (Å²) in [6, 6.07) is 4.31. The van der Waals surface area contributed by atoms with E-state index in [4.69, 9.17) is 4.74 Å². The molecule has 0 aliphatic carbocycles. The SMILES string of the molecule is COC(=O)c1cc(N(CC(C)C)CC2CCCN2)ccn1. The molecule has 2 rings (SSSR count). The van der Waals surface area contributed by atoms with Crippen molar-refractivity contribution in [3.63, 3.8) is 0 Å². The topological polar surface area (TPSA) is 54.5 Å². The molecular formula is C16H25N3O2. The standard InChI is InChI=1S/C16H25N3O2/c1-12(2)10-19(11-13-5-4-7-17-13)14-6-8-18-15(9-14)16(20)21-3/h6,8-9,12-13,17H,4-5,7,10-11H2,1-3H3. The lowest BCUT2D eigenvalue weighted by Gasteiger charge is -2.29. The second-order valence-corrected chi connectivity index (χ2v) is 5.98. The average molecular weight is 291 g/mol. The molecule has 1 aliphatic heterocycles. The van der Waals surface area contributed by atoms with Crippen LogP contribution >= 0.6 is 0 Å². The minimum atomic E-state index is -0.389. The van der Waals surface area contributed by atoms with E-state index < -0.39 is 0 Å². The number of carbonyl (C=O) groups excluding carboxylic acids is 1. The van der Waals surface area contributed by atoms with E-state index in [0.717, 1.165) is 25.3 Å². The summed E-state index contributed by atoms with van der Waals surface area (Å²) in [4.78, 5) is 18.1. The van der Waals surface area contributed by atoms with Crippen molar-refractivity contribution < 1.29 is 9.53 Å². The van der Waals surface area contributed by atoms with E-state index in [1.165, 1.54) is 20.0 Å². The van der Waals surface area contributed by atoms with Gasteiger partial charge in [-0.15, -0.1) is 0 Å². The number of carbonyl (C=O) groups is 1. The fraction of sp³-hybridized carbons (Fsp3) is 0.625. The number of esters is 1. The van der Waals surface area contributed by atoms with Gasteiger partial charge in [0.1, 0.15) is 5.69 Å². The molecule has 116 valence electrons. The Labute approximate surface area is 126 Å². The third-order valence-corrected chi connectivity index (χ3v) is 3.69. The van der Waals surface area contributed by atoms with E-state index in [1.807, 2.05) is 12.1 Å². The number of anilines is 1. The van der Waals surface area contributed by atoms with Crippen molar-refractivity contribution in [1.29, 1.82) is 0 Å². The maximum atomic E-state index is 11.6. The lowest BCUT2D eigenvalue weighted by Crippen LogP contribution is -2.39. The second-order valence-electron chi connectivity index (χ2n) is 5.98. The van der Waals surface area contributed by atoms with Gasteiger partial charge in [-0.3, -0.25) is 0 Å². The van der Waals surface area contributed by atoms with Crippen molar-refractivity contribution >= 4 is 11.7 Å². The van der Waals surface area contributed by atoms with Gasteiger partial charge in [0.05, 0.1) is 7.11 Å². The number of nitrogens with one attached hydrogen (secondary N) is 1. The summed E-state index contributed by atoms with van der Waals surface area (Å²) in [6.45, 7) is 7.44. The fourth-order valence-electron chi connectivity index (χ4n) is 2.74. The van der Waals surface area contributed by atoms with Crippen LogP contribution in [0.2, 0.25) is 0 Å². The molecular weight excluding hydrogens is 266 g/mol. The minimum absolute atomic E-state index is 0.364. The van der Waals surface area contributed by atoms with Gasteiger partial charge >= 0.3 is 5.97 Å². The number of aromatic nitrogens is 1. The van der Waals surface area contributed by atoms with Crippen LogP contribution in [0.3, 0.4) is 0 Å². The van der Waals surface area contributed by atoms with Crippen LogP contribution < -0.4 is 10.2 Å². The van der Waals surface area contributed by atoms with Gasteiger partial charge in [-0.25, -0.2) is 9.78 Å². The van der Waals surface area contributed by atoms with E-state index >= 15 is 0 Å². The Morgan fingerprint density at radius 3 is 3.00 bits per heavy atom. The number of ether oxygens (including phenoxy) is 1. The quantitative estimate of drug-likeness (QED) is 0.813. The Kier molecular flexibility index (Phi) is 5.56. The summed E-state index contributed by atoms with van der Waals surface area (Å²) < 4.78 is 4.75. The van der Waals surface area contributed by atoms with E-state index in [1.54, 1.807) is 6.20 Å². The second kappa shape index (κ2) is 7.41. The number of pyridine rings is 1. The van der Waals surface area contributed by atoms with Crippen molar-refractivity contribution in [2.45, 2.75) is 32.7 Å². The summed E-state index contributed by atoms with van der Waals surface area (Å²) in [5.74, 6) is 0.168. The minimum Gasteiger partial charge on any atom is -0.464 e. The van der Waals surface area contributed by atoms with Crippen molar-refractivity contribution in [1.82, 2.24) is 10.3 Å². The van der Waals surface area contributed by atoms with Crippen LogP contribution in [0.5, 0.6) is 0 Å². The highest BCUT2D eigenvalue weighted by Crippen LogP contribution is 2.19. The van der Waals surface area contributed by atoms with Gasteiger partial charge in [-0.1, -0.05) is 13.8 Å².